The van der Waals surface area contributed by atoms with Gasteiger partial charge in [0.1, 0.15) is 5.82 Å². The van der Waals surface area contributed by atoms with Crippen LogP contribution in [0.25, 0.3) is 0 Å². The highest BCUT2D eigenvalue weighted by molar-refractivity contribution is 9.10. The second kappa shape index (κ2) is 7.38. The molecule has 1 aromatic heterocycles. The van der Waals surface area contributed by atoms with E-state index in [0.717, 1.165) is 15.7 Å². The number of rotatable bonds is 6. The lowest BCUT2D eigenvalue weighted by Gasteiger charge is -2.12. The average molecular weight is 355 g/mol. The minimum atomic E-state index is -0.257. The van der Waals surface area contributed by atoms with E-state index < -0.39 is 0 Å². The Bertz CT molecular complexity index is 623. The largest absolute Gasteiger partial charge is 0.493 e. The minimum Gasteiger partial charge on any atom is -0.493 e. The highest BCUT2D eigenvalue weighted by atomic mass is 79.9. The number of hydrogen-bond donors (Lipinski definition) is 1. The van der Waals surface area contributed by atoms with E-state index >= 15 is 0 Å². The highest BCUT2D eigenvalue weighted by Crippen LogP contribution is 2.28. The molecule has 1 aromatic carbocycles. The van der Waals surface area contributed by atoms with Crippen LogP contribution in [0.3, 0.4) is 0 Å². The van der Waals surface area contributed by atoms with Gasteiger partial charge in [0.05, 0.1) is 19.9 Å². The SMILES string of the molecule is COc1ccnc(CNCc2cc(F)ccc2Br)c1OC. The van der Waals surface area contributed by atoms with Crippen LogP contribution in [0.1, 0.15) is 11.3 Å². The van der Waals surface area contributed by atoms with Crippen LogP contribution in [0.5, 0.6) is 11.5 Å². The summed E-state index contributed by atoms with van der Waals surface area (Å²) >= 11 is 3.40. The van der Waals surface area contributed by atoms with E-state index in [4.69, 9.17) is 9.47 Å². The lowest BCUT2D eigenvalue weighted by Crippen LogP contribution is -2.15. The monoisotopic (exact) mass is 354 g/mol. The maximum Gasteiger partial charge on any atom is 0.183 e. The first-order valence-corrected chi connectivity index (χ1v) is 7.15. The zero-order valence-electron chi connectivity index (χ0n) is 11.8. The number of methoxy groups -OCH3 is 2. The molecule has 0 atom stereocenters. The van der Waals surface area contributed by atoms with Gasteiger partial charge in [-0.2, -0.15) is 0 Å². The lowest BCUT2D eigenvalue weighted by atomic mass is 10.2. The van der Waals surface area contributed by atoms with Crippen molar-refractivity contribution in [3.05, 3.63) is 52.0 Å². The van der Waals surface area contributed by atoms with E-state index in [1.807, 2.05) is 0 Å². The van der Waals surface area contributed by atoms with Gasteiger partial charge in [-0.3, -0.25) is 4.98 Å². The standard InChI is InChI=1S/C15H16BrFN2O2/c1-20-14-5-6-19-13(15(14)21-2)9-18-8-10-7-11(17)3-4-12(10)16/h3-7,18H,8-9H2,1-2H3. The third kappa shape index (κ3) is 3.92. The summed E-state index contributed by atoms with van der Waals surface area (Å²) in [6.45, 7) is 1.00. The van der Waals surface area contributed by atoms with Gasteiger partial charge >= 0.3 is 0 Å². The molecule has 6 heteroatoms. The maximum atomic E-state index is 13.2. The Hall–Kier alpha value is -1.66. The van der Waals surface area contributed by atoms with Crippen LogP contribution in [-0.4, -0.2) is 19.2 Å². The minimum absolute atomic E-state index is 0.257. The molecular formula is C15H16BrFN2O2. The van der Waals surface area contributed by atoms with Gasteiger partial charge in [-0.25, -0.2) is 4.39 Å². The van der Waals surface area contributed by atoms with E-state index in [1.54, 1.807) is 32.5 Å². The van der Waals surface area contributed by atoms with Gasteiger partial charge < -0.3 is 14.8 Å². The second-order valence-electron chi connectivity index (χ2n) is 4.33. The van der Waals surface area contributed by atoms with E-state index in [0.29, 0.717) is 24.6 Å². The predicted molar refractivity (Wildman–Crippen MR) is 82.0 cm³/mol. The van der Waals surface area contributed by atoms with Crippen molar-refractivity contribution < 1.29 is 13.9 Å². The molecule has 0 saturated carbocycles. The smallest absolute Gasteiger partial charge is 0.183 e. The molecule has 0 bridgehead atoms. The number of aromatic nitrogens is 1. The topological polar surface area (TPSA) is 43.4 Å². The van der Waals surface area contributed by atoms with Crippen molar-refractivity contribution in [1.29, 1.82) is 0 Å². The van der Waals surface area contributed by atoms with Gasteiger partial charge in [-0.15, -0.1) is 0 Å². The van der Waals surface area contributed by atoms with Crippen LogP contribution in [0.4, 0.5) is 4.39 Å². The van der Waals surface area contributed by atoms with Gasteiger partial charge in [0.15, 0.2) is 11.5 Å². The van der Waals surface area contributed by atoms with Crippen LogP contribution >= 0.6 is 15.9 Å². The zero-order valence-corrected chi connectivity index (χ0v) is 13.4. The number of ether oxygens (including phenoxy) is 2. The Morgan fingerprint density at radius 3 is 2.71 bits per heavy atom. The average Bonchev–Trinajstić information content (AvgIpc) is 2.50. The molecule has 0 spiro atoms. The number of nitrogens with one attached hydrogen (secondary N) is 1. The van der Waals surface area contributed by atoms with Crippen LogP contribution in [0, 0.1) is 5.82 Å². The van der Waals surface area contributed by atoms with Crippen molar-refractivity contribution in [2.45, 2.75) is 13.1 Å². The van der Waals surface area contributed by atoms with Gasteiger partial charge in [-0.1, -0.05) is 15.9 Å². The number of nitrogens with zero attached hydrogens (tertiary/aromatic N) is 1. The summed E-state index contributed by atoms with van der Waals surface area (Å²) in [5.74, 6) is 0.981. The fourth-order valence-electron chi connectivity index (χ4n) is 1.97. The van der Waals surface area contributed by atoms with Gasteiger partial charge in [0, 0.05) is 29.8 Å². The highest BCUT2D eigenvalue weighted by Gasteiger charge is 2.10. The molecule has 0 aliphatic rings. The lowest BCUT2D eigenvalue weighted by molar-refractivity contribution is 0.348. The number of hydrogen-bond acceptors (Lipinski definition) is 4. The molecule has 0 aliphatic heterocycles. The van der Waals surface area contributed by atoms with E-state index in [2.05, 4.69) is 26.2 Å². The first kappa shape index (κ1) is 15.7. The molecule has 4 nitrogen and oxygen atoms in total. The molecule has 0 unspecified atom stereocenters. The molecule has 0 radical (unpaired) electrons. The predicted octanol–water partition coefficient (Wildman–Crippen LogP) is 3.29. The number of halogens is 2. The van der Waals surface area contributed by atoms with E-state index in [9.17, 15) is 4.39 Å². The summed E-state index contributed by atoms with van der Waals surface area (Å²) in [5, 5.41) is 3.22. The quantitative estimate of drug-likeness (QED) is 0.864. The molecule has 21 heavy (non-hydrogen) atoms. The molecule has 0 saturated heterocycles. The fourth-order valence-corrected chi connectivity index (χ4v) is 2.36. The normalized spacial score (nSPS) is 10.5. The summed E-state index contributed by atoms with van der Waals surface area (Å²) < 4.78 is 24.6. The van der Waals surface area contributed by atoms with Crippen LogP contribution in [0.2, 0.25) is 0 Å². The Morgan fingerprint density at radius 2 is 2.00 bits per heavy atom. The summed E-state index contributed by atoms with van der Waals surface area (Å²) in [7, 11) is 3.16. The number of benzene rings is 1. The third-order valence-corrected chi connectivity index (χ3v) is 3.76. The molecule has 112 valence electrons. The van der Waals surface area contributed by atoms with Crippen LogP contribution < -0.4 is 14.8 Å². The Balaban J connectivity index is 2.05. The van der Waals surface area contributed by atoms with Crippen molar-refractivity contribution in [1.82, 2.24) is 10.3 Å². The molecule has 0 amide bonds. The summed E-state index contributed by atoms with van der Waals surface area (Å²) in [6.07, 6.45) is 1.66. The summed E-state index contributed by atoms with van der Waals surface area (Å²) in [4.78, 5) is 4.28. The van der Waals surface area contributed by atoms with Crippen molar-refractivity contribution in [3.63, 3.8) is 0 Å². The van der Waals surface area contributed by atoms with Crippen molar-refractivity contribution >= 4 is 15.9 Å². The van der Waals surface area contributed by atoms with Crippen molar-refractivity contribution in [2.75, 3.05) is 14.2 Å². The molecule has 2 aromatic rings. The molecule has 0 aliphatic carbocycles. The molecule has 1 heterocycles. The van der Waals surface area contributed by atoms with E-state index in [-0.39, 0.29) is 5.82 Å². The Kier molecular flexibility index (Phi) is 5.52. The number of pyridine rings is 1. The fraction of sp³-hybridized carbons (Fsp3) is 0.267. The summed E-state index contributed by atoms with van der Waals surface area (Å²) in [5.41, 5.74) is 1.58. The van der Waals surface area contributed by atoms with Gasteiger partial charge in [0.25, 0.3) is 0 Å². The Morgan fingerprint density at radius 1 is 1.19 bits per heavy atom. The van der Waals surface area contributed by atoms with Crippen LogP contribution in [0.15, 0.2) is 34.9 Å². The van der Waals surface area contributed by atoms with Crippen molar-refractivity contribution in [2.24, 2.45) is 0 Å². The maximum absolute atomic E-state index is 13.2. The molecule has 2 rings (SSSR count). The summed E-state index contributed by atoms with van der Waals surface area (Å²) in [6, 6.07) is 6.34. The Labute approximate surface area is 131 Å². The first-order chi connectivity index (χ1) is 10.2. The van der Waals surface area contributed by atoms with Crippen molar-refractivity contribution in [3.8, 4) is 11.5 Å². The molecule has 0 fully saturated rings. The second-order valence-corrected chi connectivity index (χ2v) is 5.19. The molecular weight excluding hydrogens is 339 g/mol. The third-order valence-electron chi connectivity index (χ3n) is 2.98. The first-order valence-electron chi connectivity index (χ1n) is 6.36. The zero-order chi connectivity index (χ0) is 15.2. The van der Waals surface area contributed by atoms with Gasteiger partial charge in [0.2, 0.25) is 0 Å². The molecule has 1 N–H and O–H groups in total. The van der Waals surface area contributed by atoms with E-state index in [1.165, 1.54) is 12.1 Å². The van der Waals surface area contributed by atoms with Crippen LogP contribution in [-0.2, 0) is 13.1 Å². The van der Waals surface area contributed by atoms with Gasteiger partial charge in [-0.05, 0) is 23.8 Å².